The molecule has 2 heteroatoms. The summed E-state index contributed by atoms with van der Waals surface area (Å²) in [4.78, 5) is 0. The number of hydrogen-bond acceptors (Lipinski definition) is 2. The van der Waals surface area contributed by atoms with Crippen molar-refractivity contribution in [2.45, 2.75) is 110 Å². The summed E-state index contributed by atoms with van der Waals surface area (Å²) < 4.78 is 5.76. The second kappa shape index (κ2) is 11.9. The number of rotatable bonds is 4. The summed E-state index contributed by atoms with van der Waals surface area (Å²) in [5.41, 5.74) is 2.79. The molecule has 0 amide bonds. The van der Waals surface area contributed by atoms with Crippen molar-refractivity contribution < 1.29 is 9.84 Å². The van der Waals surface area contributed by atoms with Crippen molar-refractivity contribution in [1.29, 1.82) is 0 Å². The molecule has 2 aliphatic rings. The van der Waals surface area contributed by atoms with Crippen molar-refractivity contribution in [3.8, 4) is 0 Å². The predicted molar refractivity (Wildman–Crippen MR) is 116 cm³/mol. The summed E-state index contributed by atoms with van der Waals surface area (Å²) in [6, 6.07) is 0. The Kier molecular flexibility index (Phi) is 9.96. The molecule has 2 aliphatic carbocycles. The Bertz CT molecular complexity index is 491. The van der Waals surface area contributed by atoms with Crippen molar-refractivity contribution in [2.75, 3.05) is 7.11 Å². The maximum atomic E-state index is 10.8. The molecular formula is C25H44O2. The lowest BCUT2D eigenvalue weighted by molar-refractivity contribution is 0.0604. The first-order chi connectivity index (χ1) is 13.0. The smallest absolute Gasteiger partial charge is 0.0984 e. The van der Waals surface area contributed by atoms with Crippen molar-refractivity contribution in [3.63, 3.8) is 0 Å². The van der Waals surface area contributed by atoms with Crippen LogP contribution in [0.4, 0.5) is 0 Å². The van der Waals surface area contributed by atoms with Crippen LogP contribution in [0.3, 0.4) is 0 Å². The topological polar surface area (TPSA) is 29.5 Å². The van der Waals surface area contributed by atoms with Gasteiger partial charge in [0.05, 0.1) is 19.0 Å². The minimum absolute atomic E-state index is 0.167. The Labute approximate surface area is 168 Å². The SMILES string of the molecule is CCC(C)=C(CC1=CCCCCCC(C)CCCC2CCC(O)C1C2)OC. The lowest BCUT2D eigenvalue weighted by Crippen LogP contribution is -2.31. The van der Waals surface area contributed by atoms with E-state index in [0.717, 1.165) is 43.3 Å². The second-order valence-electron chi connectivity index (χ2n) is 9.24. The first-order valence-electron chi connectivity index (χ1n) is 11.6. The first-order valence-corrected chi connectivity index (χ1v) is 11.6. The van der Waals surface area contributed by atoms with E-state index in [2.05, 4.69) is 26.8 Å². The molecule has 156 valence electrons. The summed E-state index contributed by atoms with van der Waals surface area (Å²) in [6.45, 7) is 6.82. The molecule has 4 unspecified atom stereocenters. The highest BCUT2D eigenvalue weighted by atomic mass is 16.5. The van der Waals surface area contributed by atoms with Crippen LogP contribution >= 0.6 is 0 Å². The van der Waals surface area contributed by atoms with E-state index in [1.54, 1.807) is 7.11 Å². The highest BCUT2D eigenvalue weighted by Crippen LogP contribution is 2.39. The third kappa shape index (κ3) is 7.29. The molecule has 1 saturated carbocycles. The number of aliphatic hydroxyl groups is 1. The molecule has 0 radical (unpaired) electrons. The highest BCUT2D eigenvalue weighted by molar-refractivity contribution is 5.20. The molecule has 2 rings (SSSR count). The standard InChI is InChI=1S/C25H44O2/c1-5-20(3)25(27-4)18-22-14-9-7-6-8-11-19(2)12-10-13-21-15-16-24(26)23(22)17-21/h14,19,21,23-24,26H,5-13,15-18H2,1-4H3. The van der Waals surface area contributed by atoms with Gasteiger partial charge in [0.15, 0.2) is 0 Å². The maximum absolute atomic E-state index is 10.8. The van der Waals surface area contributed by atoms with Crippen LogP contribution in [0, 0.1) is 17.8 Å². The van der Waals surface area contributed by atoms with Crippen LogP contribution in [0.5, 0.6) is 0 Å². The van der Waals surface area contributed by atoms with E-state index in [1.165, 1.54) is 68.9 Å². The predicted octanol–water partition coefficient (Wildman–Crippen LogP) is 7.18. The molecule has 2 bridgehead atoms. The highest BCUT2D eigenvalue weighted by Gasteiger charge is 2.32. The van der Waals surface area contributed by atoms with Crippen LogP contribution < -0.4 is 0 Å². The van der Waals surface area contributed by atoms with E-state index in [4.69, 9.17) is 4.74 Å². The number of aliphatic hydroxyl groups excluding tert-OH is 1. The molecular weight excluding hydrogens is 332 g/mol. The molecule has 0 aliphatic heterocycles. The summed E-state index contributed by atoms with van der Waals surface area (Å²) in [7, 11) is 1.80. The summed E-state index contributed by atoms with van der Waals surface area (Å²) >= 11 is 0. The van der Waals surface area contributed by atoms with Gasteiger partial charge in [-0.05, 0) is 62.9 Å². The van der Waals surface area contributed by atoms with E-state index in [-0.39, 0.29) is 6.10 Å². The summed E-state index contributed by atoms with van der Waals surface area (Å²) in [5.74, 6) is 3.13. The molecule has 0 aromatic rings. The van der Waals surface area contributed by atoms with Crippen LogP contribution in [0.1, 0.15) is 104 Å². The van der Waals surface area contributed by atoms with Gasteiger partial charge in [0, 0.05) is 12.3 Å². The molecule has 0 aromatic carbocycles. The van der Waals surface area contributed by atoms with Crippen molar-refractivity contribution >= 4 is 0 Å². The lowest BCUT2D eigenvalue weighted by Gasteiger charge is -2.36. The van der Waals surface area contributed by atoms with Gasteiger partial charge in [-0.1, -0.05) is 64.0 Å². The fourth-order valence-electron chi connectivity index (χ4n) is 5.04. The zero-order valence-corrected chi connectivity index (χ0v) is 18.4. The minimum atomic E-state index is -0.167. The van der Waals surface area contributed by atoms with Gasteiger partial charge in [0.2, 0.25) is 0 Å². The van der Waals surface area contributed by atoms with Gasteiger partial charge >= 0.3 is 0 Å². The molecule has 0 spiro atoms. The molecule has 0 aromatic heterocycles. The lowest BCUT2D eigenvalue weighted by atomic mass is 9.72. The molecule has 0 saturated heterocycles. The Morgan fingerprint density at radius 3 is 2.59 bits per heavy atom. The largest absolute Gasteiger partial charge is 0.501 e. The van der Waals surface area contributed by atoms with Gasteiger partial charge in [0.25, 0.3) is 0 Å². The third-order valence-electron chi connectivity index (χ3n) is 7.13. The normalized spacial score (nSPS) is 32.1. The number of ether oxygens (including phenoxy) is 1. The zero-order chi connectivity index (χ0) is 19.6. The van der Waals surface area contributed by atoms with Crippen LogP contribution in [-0.4, -0.2) is 18.3 Å². The van der Waals surface area contributed by atoms with Gasteiger partial charge in [-0.2, -0.15) is 0 Å². The quantitative estimate of drug-likeness (QED) is 0.416. The Morgan fingerprint density at radius 2 is 1.85 bits per heavy atom. The average molecular weight is 377 g/mol. The minimum Gasteiger partial charge on any atom is -0.501 e. The van der Waals surface area contributed by atoms with Gasteiger partial charge in [0.1, 0.15) is 0 Å². The summed E-state index contributed by atoms with van der Waals surface area (Å²) in [5, 5.41) is 10.8. The van der Waals surface area contributed by atoms with E-state index >= 15 is 0 Å². The molecule has 4 atom stereocenters. The van der Waals surface area contributed by atoms with Crippen molar-refractivity contribution in [1.82, 2.24) is 0 Å². The second-order valence-corrected chi connectivity index (χ2v) is 9.24. The molecule has 27 heavy (non-hydrogen) atoms. The van der Waals surface area contributed by atoms with Crippen LogP contribution in [-0.2, 0) is 4.74 Å². The van der Waals surface area contributed by atoms with Gasteiger partial charge in [-0.25, -0.2) is 0 Å². The summed E-state index contributed by atoms with van der Waals surface area (Å²) in [6.07, 6.45) is 18.2. The number of hydrogen-bond donors (Lipinski definition) is 1. The van der Waals surface area contributed by atoms with Crippen molar-refractivity contribution in [2.24, 2.45) is 17.8 Å². The molecule has 1 N–H and O–H groups in total. The number of methoxy groups -OCH3 is 1. The van der Waals surface area contributed by atoms with Gasteiger partial charge in [-0.3, -0.25) is 0 Å². The Morgan fingerprint density at radius 1 is 1.07 bits per heavy atom. The van der Waals surface area contributed by atoms with E-state index in [0.29, 0.717) is 5.92 Å². The Hall–Kier alpha value is -0.760. The molecule has 2 nitrogen and oxygen atoms in total. The van der Waals surface area contributed by atoms with Gasteiger partial charge < -0.3 is 9.84 Å². The number of allylic oxidation sites excluding steroid dienone is 3. The molecule has 0 heterocycles. The number of fused-ring (bicyclic) bond motifs is 2. The molecule has 1 fully saturated rings. The van der Waals surface area contributed by atoms with Crippen LogP contribution in [0.15, 0.2) is 23.0 Å². The maximum Gasteiger partial charge on any atom is 0.0984 e. The first kappa shape index (κ1) is 22.5. The van der Waals surface area contributed by atoms with E-state index in [9.17, 15) is 5.11 Å². The van der Waals surface area contributed by atoms with Crippen LogP contribution in [0.25, 0.3) is 0 Å². The fraction of sp³-hybridized carbons (Fsp3) is 0.840. The van der Waals surface area contributed by atoms with Crippen molar-refractivity contribution in [3.05, 3.63) is 23.0 Å². The van der Waals surface area contributed by atoms with Gasteiger partial charge in [-0.15, -0.1) is 0 Å². The average Bonchev–Trinajstić information content (AvgIpc) is 2.67. The van der Waals surface area contributed by atoms with E-state index < -0.39 is 0 Å². The zero-order valence-electron chi connectivity index (χ0n) is 18.4. The monoisotopic (exact) mass is 376 g/mol. The Balaban J connectivity index is 2.18. The van der Waals surface area contributed by atoms with E-state index in [1.807, 2.05) is 0 Å². The fourth-order valence-corrected chi connectivity index (χ4v) is 5.04. The van der Waals surface area contributed by atoms with Crippen LogP contribution in [0.2, 0.25) is 0 Å². The third-order valence-corrected chi connectivity index (χ3v) is 7.13.